The number of halogens is 1. The van der Waals surface area contributed by atoms with Gasteiger partial charge in [-0.1, -0.05) is 30.8 Å². The molecule has 0 aliphatic carbocycles. The van der Waals surface area contributed by atoms with Gasteiger partial charge in [-0.15, -0.1) is 35.1 Å². The van der Waals surface area contributed by atoms with E-state index in [1.54, 1.807) is 11.3 Å². The highest BCUT2D eigenvalue weighted by Crippen LogP contribution is 2.38. The molecule has 0 bridgehead atoms. The molecule has 4 aliphatic heterocycles. The fraction of sp³-hybridized carbons (Fsp3) is 0.383. The van der Waals surface area contributed by atoms with E-state index in [-0.39, 0.29) is 18.3 Å². The van der Waals surface area contributed by atoms with E-state index in [2.05, 4.69) is 76.2 Å². The van der Waals surface area contributed by atoms with E-state index < -0.39 is 0 Å². The van der Waals surface area contributed by atoms with Crippen molar-refractivity contribution in [1.29, 1.82) is 0 Å². The molecule has 8 aromatic rings. The van der Waals surface area contributed by atoms with E-state index in [1.165, 1.54) is 20.5 Å². The topological polar surface area (TPSA) is 173 Å². The molecule has 0 atom stereocenters. The van der Waals surface area contributed by atoms with Crippen LogP contribution in [-0.4, -0.2) is 166 Å². The van der Waals surface area contributed by atoms with Crippen LogP contribution in [0.25, 0.3) is 65.0 Å². The monoisotopic (exact) mass is 960 g/mol. The Labute approximate surface area is 401 Å². The summed E-state index contributed by atoms with van der Waals surface area (Å²) in [5.74, 6) is 3.49. The van der Waals surface area contributed by atoms with E-state index in [4.69, 9.17) is 29.4 Å². The fourth-order valence-electron chi connectivity index (χ4n) is 9.20. The fourth-order valence-corrected chi connectivity index (χ4v) is 11.5. The number of nitrogens with one attached hydrogen (secondary N) is 3. The van der Waals surface area contributed by atoms with Crippen LogP contribution in [0.4, 0.5) is 11.6 Å². The quantitative estimate of drug-likeness (QED) is 0.148. The second kappa shape index (κ2) is 20.3. The Morgan fingerprint density at radius 1 is 0.642 bits per heavy atom. The third kappa shape index (κ3) is 9.60. The summed E-state index contributed by atoms with van der Waals surface area (Å²) in [6.07, 6.45) is 5.09. The number of thiophene rings is 2. The molecular weight excluding hydrogens is 908 g/mol. The molecule has 0 unspecified atom stereocenters. The number of ether oxygens (including phenoxy) is 2. The summed E-state index contributed by atoms with van der Waals surface area (Å²) in [5.41, 5.74) is 5.96. The number of nitrogens with zero attached hydrogens (tertiary/aromatic N) is 11. The Morgan fingerprint density at radius 2 is 1.12 bits per heavy atom. The second-order valence-corrected chi connectivity index (χ2v) is 19.2. The number of H-pyrrole nitrogens is 2. The smallest absolute Gasteiger partial charge is 0.246 e. The number of carbonyl (C=O) groups is 1. The summed E-state index contributed by atoms with van der Waals surface area (Å²) in [5, 5.41) is 20.0. The molecule has 4 saturated heterocycles. The van der Waals surface area contributed by atoms with Crippen LogP contribution in [0.15, 0.2) is 73.6 Å². The Bertz CT molecular complexity index is 3000. The molecule has 20 heteroatoms. The van der Waals surface area contributed by atoms with Gasteiger partial charge < -0.3 is 29.5 Å². The van der Waals surface area contributed by atoms with Crippen LogP contribution in [0.1, 0.15) is 9.75 Å². The maximum absolute atomic E-state index is 11.9. The number of hydrogen-bond acceptors (Lipinski definition) is 16. The molecule has 3 N–H and O–H groups in total. The van der Waals surface area contributed by atoms with Crippen molar-refractivity contribution in [1.82, 2.24) is 60.3 Å². The summed E-state index contributed by atoms with van der Waals surface area (Å²) in [4.78, 5) is 46.1. The lowest BCUT2D eigenvalue weighted by Gasteiger charge is -2.33. The van der Waals surface area contributed by atoms with Crippen LogP contribution in [0.3, 0.4) is 0 Å². The number of benzene rings is 2. The van der Waals surface area contributed by atoms with Gasteiger partial charge >= 0.3 is 0 Å². The van der Waals surface area contributed by atoms with Gasteiger partial charge in [0.25, 0.3) is 0 Å². The van der Waals surface area contributed by atoms with Gasteiger partial charge in [-0.25, -0.2) is 19.9 Å². The zero-order chi connectivity index (χ0) is 44.4. The van der Waals surface area contributed by atoms with Crippen LogP contribution in [0, 0.1) is 0 Å². The number of carbonyl (C=O) groups excluding carboxylic acids is 1. The number of amides is 1. The second-order valence-electron chi connectivity index (χ2n) is 16.9. The van der Waals surface area contributed by atoms with Gasteiger partial charge in [0.15, 0.2) is 23.3 Å². The lowest BCUT2D eigenvalue weighted by molar-refractivity contribution is -0.127. The maximum Gasteiger partial charge on any atom is 0.246 e. The number of fused-ring (bicyclic) bond motifs is 4. The molecule has 4 aliphatic rings. The molecule has 12 rings (SSSR count). The summed E-state index contributed by atoms with van der Waals surface area (Å²) >= 11 is 3.60. The lowest BCUT2D eigenvalue weighted by Crippen LogP contribution is -2.47. The number of aromatic amines is 2. The van der Waals surface area contributed by atoms with Crippen molar-refractivity contribution in [2.45, 2.75) is 13.1 Å². The van der Waals surface area contributed by atoms with E-state index in [0.29, 0.717) is 19.0 Å². The van der Waals surface area contributed by atoms with Gasteiger partial charge in [-0.2, -0.15) is 10.2 Å². The molecule has 1 amide bonds. The molecule has 4 fully saturated rings. The molecule has 6 aromatic heterocycles. The number of morpholine rings is 2. The predicted octanol–water partition coefficient (Wildman–Crippen LogP) is 5.80. The maximum atomic E-state index is 11.9. The average Bonchev–Trinajstić information content (AvgIpc) is 4.21. The molecule has 67 heavy (non-hydrogen) atoms. The van der Waals surface area contributed by atoms with Crippen molar-refractivity contribution in [3.63, 3.8) is 0 Å². The van der Waals surface area contributed by atoms with Crippen LogP contribution >= 0.6 is 35.1 Å². The minimum atomic E-state index is 0. The van der Waals surface area contributed by atoms with Gasteiger partial charge in [-0.05, 0) is 30.3 Å². The van der Waals surface area contributed by atoms with Gasteiger partial charge in [0.05, 0.1) is 70.3 Å². The summed E-state index contributed by atoms with van der Waals surface area (Å²) < 4.78 is 13.5. The van der Waals surface area contributed by atoms with Gasteiger partial charge in [0.1, 0.15) is 0 Å². The molecule has 0 spiro atoms. The molecule has 2 aromatic carbocycles. The number of hydrogen-bond donors (Lipinski definition) is 3. The Hall–Kier alpha value is -5.64. The number of piperazine rings is 2. The third-order valence-corrected chi connectivity index (χ3v) is 14.9. The van der Waals surface area contributed by atoms with Gasteiger partial charge in [-0.3, -0.25) is 24.8 Å². The zero-order valence-electron chi connectivity index (χ0n) is 37.2. The highest BCUT2D eigenvalue weighted by Gasteiger charge is 2.25. The van der Waals surface area contributed by atoms with Gasteiger partial charge in [0, 0.05) is 123 Å². The highest BCUT2D eigenvalue weighted by molar-refractivity contribution is 7.20. The standard InChI is InChI=1S/C25H27N7O2S.C22H25N7OS.ClH/c1-2-22(33)31-8-6-30(7-9-31)16-17-14-21-23(35-17)25(32-10-12-34-13-11-32)28-24(27-21)18-4-3-5-20-19(18)15-26-29-20;1-2-16(17-13-24-27-18(17)3-1)21-25-19-12-15(14-28-6-4-23-5-7-28)31-20(19)22(26-21)29-8-10-30-11-9-29;/h2-5,14-15H,1,6-13,16H2,(H,26,29);1-3,12-13,23H,4-11,14H2,(H,24,27);1H. The Kier molecular flexibility index (Phi) is 13.7. The summed E-state index contributed by atoms with van der Waals surface area (Å²) in [7, 11) is 0. The van der Waals surface area contributed by atoms with E-state index in [0.717, 1.165) is 171 Å². The van der Waals surface area contributed by atoms with Crippen LogP contribution < -0.4 is 15.1 Å². The van der Waals surface area contributed by atoms with Crippen molar-refractivity contribution in [3.8, 4) is 22.8 Å². The van der Waals surface area contributed by atoms with Crippen molar-refractivity contribution in [2.75, 3.05) is 115 Å². The van der Waals surface area contributed by atoms with E-state index in [1.807, 2.05) is 52.9 Å². The molecule has 348 valence electrons. The van der Waals surface area contributed by atoms with Crippen LogP contribution in [0.2, 0.25) is 0 Å². The lowest BCUT2D eigenvalue weighted by atomic mass is 10.1. The first-order chi connectivity index (χ1) is 32.5. The minimum absolute atomic E-state index is 0. The molecule has 0 saturated carbocycles. The minimum Gasteiger partial charge on any atom is -0.378 e. The summed E-state index contributed by atoms with van der Waals surface area (Å²) in [6.45, 7) is 19.1. The molecular formula is C47H53ClN14O3S2. The van der Waals surface area contributed by atoms with Crippen molar-refractivity contribution >= 4 is 94.9 Å². The van der Waals surface area contributed by atoms with Crippen LogP contribution in [-0.2, 0) is 27.4 Å². The molecule has 0 radical (unpaired) electrons. The number of aromatic nitrogens is 8. The largest absolute Gasteiger partial charge is 0.378 e. The Morgan fingerprint density at radius 3 is 1.60 bits per heavy atom. The van der Waals surface area contributed by atoms with Crippen molar-refractivity contribution in [2.24, 2.45) is 0 Å². The van der Waals surface area contributed by atoms with Gasteiger partial charge in [0.2, 0.25) is 5.91 Å². The van der Waals surface area contributed by atoms with E-state index >= 15 is 0 Å². The SMILES string of the molecule is C=CC(=O)N1CCN(Cc2cc3nc(-c4cccc5[nH]ncc45)nc(N4CCOCC4)c3s2)CC1.Cl.c1cc(-c2nc(N3CCOCC3)c3sc(CN4CCNCC4)cc3n2)c2cn[nH]c2c1. The first-order valence-corrected chi connectivity index (χ1v) is 24.4. The van der Waals surface area contributed by atoms with Crippen molar-refractivity contribution in [3.05, 3.63) is 83.3 Å². The Balaban J connectivity index is 0.000000155. The first kappa shape index (κ1) is 45.2. The zero-order valence-corrected chi connectivity index (χ0v) is 39.6. The highest BCUT2D eigenvalue weighted by atomic mass is 35.5. The summed E-state index contributed by atoms with van der Waals surface area (Å²) in [6, 6.07) is 16.7. The predicted molar refractivity (Wildman–Crippen MR) is 269 cm³/mol. The van der Waals surface area contributed by atoms with Crippen molar-refractivity contribution < 1.29 is 14.3 Å². The van der Waals surface area contributed by atoms with Crippen LogP contribution in [0.5, 0.6) is 0 Å². The molecule has 10 heterocycles. The first-order valence-electron chi connectivity index (χ1n) is 22.7. The molecule has 17 nitrogen and oxygen atoms in total. The van der Waals surface area contributed by atoms with E-state index in [9.17, 15) is 4.79 Å². The number of rotatable bonds is 9. The normalized spacial score (nSPS) is 17.5. The third-order valence-electron chi connectivity index (χ3n) is 12.7. The number of anilines is 2. The average molecular weight is 962 g/mol.